The Labute approximate surface area is 118 Å². The monoisotopic (exact) mass is 269 g/mol. The van der Waals surface area contributed by atoms with Crippen molar-refractivity contribution >= 4 is 5.91 Å². The van der Waals surface area contributed by atoms with Crippen LogP contribution in [-0.4, -0.2) is 23.7 Å². The van der Waals surface area contributed by atoms with Gasteiger partial charge < -0.3 is 5.32 Å². The van der Waals surface area contributed by atoms with Crippen molar-refractivity contribution in [3.8, 4) is 0 Å². The highest BCUT2D eigenvalue weighted by Crippen LogP contribution is 2.34. The number of benzene rings is 1. The van der Waals surface area contributed by atoms with Crippen LogP contribution in [-0.2, 0) is 10.2 Å². The maximum absolute atomic E-state index is 12.8. The molecule has 1 saturated heterocycles. The summed E-state index contributed by atoms with van der Waals surface area (Å²) >= 11 is 0. The third-order valence-electron chi connectivity index (χ3n) is 4.05. The summed E-state index contributed by atoms with van der Waals surface area (Å²) in [5, 5.41) is 3.34. The molecule has 104 valence electrons. The van der Waals surface area contributed by atoms with E-state index in [9.17, 15) is 4.79 Å². The quantitative estimate of drug-likeness (QED) is 0.893. The molecule has 3 rings (SSSR count). The first-order valence-corrected chi connectivity index (χ1v) is 7.02. The zero-order chi connectivity index (χ0) is 13.8. The molecule has 0 spiro atoms. The molecule has 0 aliphatic carbocycles. The van der Waals surface area contributed by atoms with Crippen molar-refractivity contribution in [2.45, 2.75) is 18.3 Å². The molecule has 0 radical (unpaired) electrons. The van der Waals surface area contributed by atoms with Crippen LogP contribution in [0.4, 0.5) is 0 Å². The Hall–Kier alpha value is -2.07. The summed E-state index contributed by atoms with van der Waals surface area (Å²) in [5.41, 5.74) is 3.65. The second-order valence-electron chi connectivity index (χ2n) is 5.23. The lowest BCUT2D eigenvalue weighted by atomic mass is 9.72. The number of carbonyl (C=O) groups is 1. The number of piperidine rings is 1. The highest BCUT2D eigenvalue weighted by atomic mass is 16.2. The lowest BCUT2D eigenvalue weighted by molar-refractivity contribution is -0.123. The van der Waals surface area contributed by atoms with E-state index in [1.807, 2.05) is 42.7 Å². The Morgan fingerprint density at radius 2 is 1.70 bits per heavy atom. The first kappa shape index (κ1) is 12.9. The SMILES string of the molecule is O=C(Nn1cccc1)C1(c2ccccc2)CCNCC1. The molecule has 0 bridgehead atoms. The number of hydrogen-bond acceptors (Lipinski definition) is 2. The second-order valence-corrected chi connectivity index (χ2v) is 5.23. The Morgan fingerprint density at radius 1 is 1.05 bits per heavy atom. The van der Waals surface area contributed by atoms with Gasteiger partial charge in [-0.05, 0) is 43.6 Å². The van der Waals surface area contributed by atoms with Crippen LogP contribution in [0.25, 0.3) is 0 Å². The predicted octanol–water partition coefficient (Wildman–Crippen LogP) is 1.88. The van der Waals surface area contributed by atoms with E-state index in [1.54, 1.807) is 4.68 Å². The van der Waals surface area contributed by atoms with Crippen LogP contribution < -0.4 is 10.7 Å². The Bertz CT molecular complexity index is 557. The molecule has 2 aromatic rings. The van der Waals surface area contributed by atoms with E-state index in [-0.39, 0.29) is 5.91 Å². The summed E-state index contributed by atoms with van der Waals surface area (Å²) in [6.07, 6.45) is 5.34. The van der Waals surface area contributed by atoms with Crippen LogP contribution in [0.1, 0.15) is 18.4 Å². The maximum atomic E-state index is 12.8. The molecular formula is C16H19N3O. The standard InChI is InChI=1S/C16H19N3O/c20-15(18-19-12-4-5-13-19)16(8-10-17-11-9-16)14-6-2-1-3-7-14/h1-7,12-13,17H,8-11H2,(H,18,20). The zero-order valence-electron chi connectivity index (χ0n) is 11.4. The zero-order valence-corrected chi connectivity index (χ0v) is 11.4. The third-order valence-corrected chi connectivity index (χ3v) is 4.05. The molecule has 1 amide bonds. The summed E-state index contributed by atoms with van der Waals surface area (Å²) in [6.45, 7) is 1.74. The van der Waals surface area contributed by atoms with Gasteiger partial charge in [0.15, 0.2) is 0 Å². The minimum Gasteiger partial charge on any atom is -0.317 e. The topological polar surface area (TPSA) is 46.1 Å². The molecule has 4 nitrogen and oxygen atoms in total. The summed E-state index contributed by atoms with van der Waals surface area (Å²) in [7, 11) is 0. The van der Waals surface area contributed by atoms with Gasteiger partial charge in [0, 0.05) is 12.4 Å². The number of nitrogens with one attached hydrogen (secondary N) is 2. The van der Waals surface area contributed by atoms with Crippen LogP contribution in [0.15, 0.2) is 54.9 Å². The average Bonchev–Trinajstić information content (AvgIpc) is 3.02. The first-order chi connectivity index (χ1) is 9.81. The van der Waals surface area contributed by atoms with Gasteiger partial charge in [0.05, 0.1) is 5.41 Å². The molecule has 0 atom stereocenters. The molecule has 1 fully saturated rings. The van der Waals surface area contributed by atoms with Crippen LogP contribution in [0, 0.1) is 0 Å². The number of nitrogens with zero attached hydrogens (tertiary/aromatic N) is 1. The number of amides is 1. The van der Waals surface area contributed by atoms with Crippen molar-refractivity contribution in [2.75, 3.05) is 18.5 Å². The van der Waals surface area contributed by atoms with Gasteiger partial charge in [-0.2, -0.15) is 0 Å². The van der Waals surface area contributed by atoms with Gasteiger partial charge in [0.1, 0.15) is 0 Å². The van der Waals surface area contributed by atoms with E-state index in [2.05, 4.69) is 22.9 Å². The van der Waals surface area contributed by atoms with Crippen LogP contribution >= 0.6 is 0 Å². The van der Waals surface area contributed by atoms with Gasteiger partial charge in [-0.25, -0.2) is 0 Å². The predicted molar refractivity (Wildman–Crippen MR) is 79.0 cm³/mol. The Balaban J connectivity index is 1.91. The average molecular weight is 269 g/mol. The first-order valence-electron chi connectivity index (χ1n) is 7.02. The lowest BCUT2D eigenvalue weighted by Gasteiger charge is -2.36. The normalized spacial score (nSPS) is 17.6. The largest absolute Gasteiger partial charge is 0.317 e. The van der Waals surface area contributed by atoms with Gasteiger partial charge >= 0.3 is 0 Å². The van der Waals surface area contributed by atoms with Crippen molar-refractivity contribution in [1.29, 1.82) is 0 Å². The summed E-state index contributed by atoms with van der Waals surface area (Å²) in [5.74, 6) is 0.0707. The molecule has 1 aliphatic heterocycles. The van der Waals surface area contributed by atoms with Crippen LogP contribution in [0.2, 0.25) is 0 Å². The molecule has 2 heterocycles. The molecule has 20 heavy (non-hydrogen) atoms. The minimum atomic E-state index is -0.434. The summed E-state index contributed by atoms with van der Waals surface area (Å²) < 4.78 is 1.72. The van der Waals surface area contributed by atoms with Gasteiger partial charge in [0.25, 0.3) is 0 Å². The smallest absolute Gasteiger partial charge is 0.249 e. The highest BCUT2D eigenvalue weighted by Gasteiger charge is 2.41. The van der Waals surface area contributed by atoms with Gasteiger partial charge in [-0.3, -0.25) is 14.9 Å². The van der Waals surface area contributed by atoms with E-state index >= 15 is 0 Å². The molecule has 1 aromatic carbocycles. The maximum Gasteiger partial charge on any atom is 0.249 e. The fourth-order valence-electron chi connectivity index (χ4n) is 2.89. The van der Waals surface area contributed by atoms with Crippen molar-refractivity contribution in [3.05, 3.63) is 60.4 Å². The van der Waals surface area contributed by atoms with Crippen LogP contribution in [0.5, 0.6) is 0 Å². The minimum absolute atomic E-state index is 0.0707. The molecule has 0 saturated carbocycles. The van der Waals surface area contributed by atoms with E-state index in [0.29, 0.717) is 0 Å². The molecule has 4 heteroatoms. The fourth-order valence-corrected chi connectivity index (χ4v) is 2.89. The molecule has 2 N–H and O–H groups in total. The van der Waals surface area contributed by atoms with E-state index in [1.165, 1.54) is 0 Å². The molecular weight excluding hydrogens is 250 g/mol. The van der Waals surface area contributed by atoms with Crippen molar-refractivity contribution in [2.24, 2.45) is 0 Å². The lowest BCUT2D eigenvalue weighted by Crippen LogP contribution is -2.49. The summed E-state index contributed by atoms with van der Waals surface area (Å²) in [6, 6.07) is 13.9. The second kappa shape index (κ2) is 5.51. The van der Waals surface area contributed by atoms with E-state index in [4.69, 9.17) is 0 Å². The Morgan fingerprint density at radius 3 is 2.35 bits per heavy atom. The third kappa shape index (κ3) is 2.34. The fraction of sp³-hybridized carbons (Fsp3) is 0.312. The van der Waals surface area contributed by atoms with Crippen LogP contribution in [0.3, 0.4) is 0 Å². The molecule has 1 aliphatic rings. The number of carbonyl (C=O) groups excluding carboxylic acids is 1. The van der Waals surface area contributed by atoms with Gasteiger partial charge in [-0.15, -0.1) is 0 Å². The van der Waals surface area contributed by atoms with Gasteiger partial charge in [-0.1, -0.05) is 30.3 Å². The molecule has 1 aromatic heterocycles. The number of rotatable bonds is 3. The van der Waals surface area contributed by atoms with Crippen molar-refractivity contribution in [3.63, 3.8) is 0 Å². The van der Waals surface area contributed by atoms with E-state index in [0.717, 1.165) is 31.5 Å². The Kier molecular flexibility index (Phi) is 3.56. The number of hydrogen-bond donors (Lipinski definition) is 2. The van der Waals surface area contributed by atoms with Gasteiger partial charge in [0.2, 0.25) is 5.91 Å². The number of aromatic nitrogens is 1. The van der Waals surface area contributed by atoms with Crippen molar-refractivity contribution < 1.29 is 4.79 Å². The summed E-state index contributed by atoms with van der Waals surface area (Å²) in [4.78, 5) is 12.8. The molecule has 0 unspecified atom stereocenters. The highest BCUT2D eigenvalue weighted by molar-refractivity contribution is 5.94. The van der Waals surface area contributed by atoms with E-state index < -0.39 is 5.41 Å². The van der Waals surface area contributed by atoms with Crippen molar-refractivity contribution in [1.82, 2.24) is 9.99 Å².